The lowest BCUT2D eigenvalue weighted by atomic mass is 10.1. The van der Waals surface area contributed by atoms with Crippen molar-refractivity contribution in [1.82, 2.24) is 20.2 Å². The molecule has 1 N–H and O–H groups in total. The zero-order valence-corrected chi connectivity index (χ0v) is 15.4. The average molecular weight is 384 g/mol. The van der Waals surface area contributed by atoms with Crippen molar-refractivity contribution in [3.8, 4) is 5.69 Å². The summed E-state index contributed by atoms with van der Waals surface area (Å²) in [4.78, 5) is 23.1. The van der Waals surface area contributed by atoms with Gasteiger partial charge in [0.25, 0.3) is 5.69 Å². The molecule has 0 saturated carbocycles. The van der Waals surface area contributed by atoms with Crippen LogP contribution in [0.4, 0.5) is 11.4 Å². The van der Waals surface area contributed by atoms with Crippen LogP contribution in [0.1, 0.15) is 11.1 Å². The number of nitrogens with zero attached hydrogens (tertiary/aromatic N) is 5. The first-order chi connectivity index (χ1) is 13.0. The van der Waals surface area contributed by atoms with Gasteiger partial charge in [-0.2, -0.15) is 4.68 Å². The molecule has 0 bridgehead atoms. The van der Waals surface area contributed by atoms with Crippen LogP contribution in [-0.2, 0) is 4.79 Å². The first kappa shape index (κ1) is 18.5. The van der Waals surface area contributed by atoms with E-state index in [1.54, 1.807) is 13.0 Å². The first-order valence-electron chi connectivity index (χ1n) is 7.98. The molecule has 9 nitrogen and oxygen atoms in total. The van der Waals surface area contributed by atoms with Gasteiger partial charge in [-0.25, -0.2) is 0 Å². The van der Waals surface area contributed by atoms with Crippen LogP contribution in [0.3, 0.4) is 0 Å². The Balaban J connectivity index is 1.73. The molecule has 0 aliphatic rings. The number of para-hydroxylation sites is 1. The van der Waals surface area contributed by atoms with Gasteiger partial charge < -0.3 is 5.32 Å². The van der Waals surface area contributed by atoms with Crippen LogP contribution in [0.15, 0.2) is 47.6 Å². The van der Waals surface area contributed by atoms with Crippen molar-refractivity contribution in [2.45, 2.75) is 19.0 Å². The van der Waals surface area contributed by atoms with Gasteiger partial charge in [0.2, 0.25) is 11.1 Å². The predicted octanol–water partition coefficient (Wildman–Crippen LogP) is 2.92. The number of carbonyl (C=O) groups is 1. The molecule has 3 rings (SSSR count). The fraction of sp³-hybridized carbons (Fsp3) is 0.176. The van der Waals surface area contributed by atoms with Crippen molar-refractivity contribution < 1.29 is 9.72 Å². The number of amides is 1. The highest BCUT2D eigenvalue weighted by Crippen LogP contribution is 2.30. The van der Waals surface area contributed by atoms with Crippen molar-refractivity contribution >= 4 is 29.0 Å². The fourth-order valence-electron chi connectivity index (χ4n) is 2.42. The van der Waals surface area contributed by atoms with Crippen molar-refractivity contribution in [2.24, 2.45) is 0 Å². The lowest BCUT2D eigenvalue weighted by Crippen LogP contribution is -2.17. The summed E-state index contributed by atoms with van der Waals surface area (Å²) in [5.74, 6) is -0.364. The minimum absolute atomic E-state index is 0.0116. The topological polar surface area (TPSA) is 116 Å². The molecule has 27 heavy (non-hydrogen) atoms. The Morgan fingerprint density at radius 1 is 1.22 bits per heavy atom. The quantitative estimate of drug-likeness (QED) is 0.394. The van der Waals surface area contributed by atoms with Crippen LogP contribution in [0, 0.1) is 24.0 Å². The number of carbonyl (C=O) groups excluding carboxylic acids is 1. The molecule has 1 aromatic heterocycles. The van der Waals surface area contributed by atoms with Gasteiger partial charge in [-0.1, -0.05) is 36.0 Å². The molecule has 138 valence electrons. The maximum Gasteiger partial charge on any atom is 0.293 e. The normalized spacial score (nSPS) is 10.6. The molecule has 0 spiro atoms. The SMILES string of the molecule is Cc1ccc([N+](=O)[O-])c(NC(=O)CSc2nnnn2-c2ccccc2)c1C. The van der Waals surface area contributed by atoms with Gasteiger partial charge in [0.1, 0.15) is 5.69 Å². The van der Waals surface area contributed by atoms with Gasteiger partial charge in [-0.3, -0.25) is 14.9 Å². The highest BCUT2D eigenvalue weighted by molar-refractivity contribution is 7.99. The lowest BCUT2D eigenvalue weighted by Gasteiger charge is -2.11. The maximum atomic E-state index is 12.4. The van der Waals surface area contributed by atoms with Gasteiger partial charge in [-0.05, 0) is 47.5 Å². The summed E-state index contributed by atoms with van der Waals surface area (Å²) in [6, 6.07) is 12.3. The first-order valence-corrected chi connectivity index (χ1v) is 8.97. The van der Waals surface area contributed by atoms with E-state index in [2.05, 4.69) is 20.8 Å². The van der Waals surface area contributed by atoms with Crippen molar-refractivity contribution in [2.75, 3.05) is 11.1 Å². The summed E-state index contributed by atoms with van der Waals surface area (Å²) in [6.07, 6.45) is 0. The zero-order valence-electron chi connectivity index (χ0n) is 14.6. The summed E-state index contributed by atoms with van der Waals surface area (Å²) >= 11 is 1.15. The minimum Gasteiger partial charge on any atom is -0.319 e. The van der Waals surface area contributed by atoms with Gasteiger partial charge in [0.05, 0.1) is 16.4 Å². The van der Waals surface area contributed by atoms with E-state index in [0.29, 0.717) is 10.7 Å². The van der Waals surface area contributed by atoms with Crippen molar-refractivity contribution in [3.05, 3.63) is 63.7 Å². The number of hydrogen-bond acceptors (Lipinski definition) is 7. The second-order valence-electron chi connectivity index (χ2n) is 5.70. The smallest absolute Gasteiger partial charge is 0.293 e. The number of aryl methyl sites for hydroxylation is 1. The van der Waals surface area contributed by atoms with Crippen LogP contribution >= 0.6 is 11.8 Å². The van der Waals surface area contributed by atoms with Crippen LogP contribution in [-0.4, -0.2) is 36.8 Å². The second-order valence-corrected chi connectivity index (χ2v) is 6.65. The number of nitro groups is 1. The van der Waals surface area contributed by atoms with Crippen LogP contribution < -0.4 is 5.32 Å². The molecule has 2 aromatic carbocycles. The van der Waals surface area contributed by atoms with Gasteiger partial charge >= 0.3 is 0 Å². The van der Waals surface area contributed by atoms with E-state index in [1.165, 1.54) is 10.7 Å². The molecule has 0 atom stereocenters. The van der Waals surface area contributed by atoms with Crippen LogP contribution in [0.5, 0.6) is 0 Å². The number of hydrogen-bond donors (Lipinski definition) is 1. The third-order valence-corrected chi connectivity index (χ3v) is 4.87. The number of rotatable bonds is 6. The van der Waals surface area contributed by atoms with Gasteiger partial charge in [0, 0.05) is 6.07 Å². The molecule has 0 fully saturated rings. The molecule has 0 radical (unpaired) electrons. The predicted molar refractivity (Wildman–Crippen MR) is 101 cm³/mol. The van der Waals surface area contributed by atoms with E-state index in [1.807, 2.05) is 37.3 Å². The number of nitro benzene ring substituents is 1. The Labute approximate surface area is 158 Å². The Morgan fingerprint density at radius 2 is 1.96 bits per heavy atom. The second kappa shape index (κ2) is 7.96. The third-order valence-electron chi connectivity index (χ3n) is 3.95. The summed E-state index contributed by atoms with van der Waals surface area (Å²) in [5, 5.41) is 25.8. The number of tetrazole rings is 1. The lowest BCUT2D eigenvalue weighted by molar-refractivity contribution is -0.384. The van der Waals surface area contributed by atoms with E-state index in [-0.39, 0.29) is 23.0 Å². The number of benzene rings is 2. The number of thioether (sulfide) groups is 1. The molecule has 10 heteroatoms. The van der Waals surface area contributed by atoms with Gasteiger partial charge in [-0.15, -0.1) is 5.10 Å². The molecule has 1 heterocycles. The largest absolute Gasteiger partial charge is 0.319 e. The van der Waals surface area contributed by atoms with Crippen molar-refractivity contribution in [3.63, 3.8) is 0 Å². The highest BCUT2D eigenvalue weighted by Gasteiger charge is 2.20. The summed E-state index contributed by atoms with van der Waals surface area (Å²) in [6.45, 7) is 3.57. The van der Waals surface area contributed by atoms with Gasteiger partial charge in [0.15, 0.2) is 0 Å². The van der Waals surface area contributed by atoms with Crippen molar-refractivity contribution in [1.29, 1.82) is 0 Å². The zero-order chi connectivity index (χ0) is 19.4. The summed E-state index contributed by atoms with van der Waals surface area (Å²) < 4.78 is 1.53. The average Bonchev–Trinajstić information content (AvgIpc) is 3.13. The Hall–Kier alpha value is -3.27. The standard InChI is InChI=1S/C17H16N6O3S/c1-11-8-9-14(23(25)26)16(12(11)2)18-15(24)10-27-17-19-20-21-22(17)13-6-4-3-5-7-13/h3-9H,10H2,1-2H3,(H,18,24). The molecular weight excluding hydrogens is 368 g/mol. The van der Waals surface area contributed by atoms with E-state index in [4.69, 9.17) is 0 Å². The van der Waals surface area contributed by atoms with E-state index < -0.39 is 4.92 Å². The molecule has 1 amide bonds. The maximum absolute atomic E-state index is 12.4. The molecule has 3 aromatic rings. The third kappa shape index (κ3) is 4.11. The summed E-state index contributed by atoms with van der Waals surface area (Å²) in [7, 11) is 0. The number of nitrogens with one attached hydrogen (secondary N) is 1. The van der Waals surface area contributed by atoms with Crippen LogP contribution in [0.25, 0.3) is 5.69 Å². The highest BCUT2D eigenvalue weighted by atomic mass is 32.2. The number of anilines is 1. The minimum atomic E-state index is -0.509. The Bertz CT molecular complexity index is 990. The number of aromatic nitrogens is 4. The fourth-order valence-corrected chi connectivity index (χ4v) is 3.11. The Kier molecular flexibility index (Phi) is 5.46. The molecule has 0 aliphatic carbocycles. The van der Waals surface area contributed by atoms with Crippen LogP contribution in [0.2, 0.25) is 0 Å². The monoisotopic (exact) mass is 384 g/mol. The van der Waals surface area contributed by atoms with E-state index in [9.17, 15) is 14.9 Å². The molecular formula is C17H16N6O3S. The van der Waals surface area contributed by atoms with E-state index >= 15 is 0 Å². The van der Waals surface area contributed by atoms with E-state index in [0.717, 1.165) is 23.0 Å². The molecule has 0 unspecified atom stereocenters. The molecule has 0 aliphatic heterocycles. The Morgan fingerprint density at radius 3 is 2.67 bits per heavy atom. The molecule has 0 saturated heterocycles. The summed E-state index contributed by atoms with van der Waals surface area (Å²) in [5.41, 5.74) is 2.38.